The highest BCUT2D eigenvalue weighted by molar-refractivity contribution is 5.70. The van der Waals surface area contributed by atoms with E-state index in [0.29, 0.717) is 17.4 Å². The lowest BCUT2D eigenvalue weighted by Crippen LogP contribution is -2.24. The SMILES string of the molecule is CC(C)(C)OC(=O)CCc1ccc(OC(F)(F)F)cc1CC=O. The number of aryl methyl sites for hydroxylation is 1. The highest BCUT2D eigenvalue weighted by Gasteiger charge is 2.31. The number of alkyl halides is 3. The quantitative estimate of drug-likeness (QED) is 0.590. The van der Waals surface area contributed by atoms with Gasteiger partial charge >= 0.3 is 12.3 Å². The molecule has 1 aromatic rings. The maximum atomic E-state index is 12.2. The van der Waals surface area contributed by atoms with Crippen LogP contribution in [0, 0.1) is 0 Å². The molecule has 1 aromatic carbocycles. The van der Waals surface area contributed by atoms with Gasteiger partial charge in [0, 0.05) is 12.8 Å². The summed E-state index contributed by atoms with van der Waals surface area (Å²) in [5, 5.41) is 0. The number of carbonyl (C=O) groups is 2. The summed E-state index contributed by atoms with van der Waals surface area (Å²) in [5.74, 6) is -0.805. The third-order valence-corrected chi connectivity index (χ3v) is 2.73. The summed E-state index contributed by atoms with van der Waals surface area (Å²) in [6, 6.07) is 3.74. The molecule has 0 saturated heterocycles. The van der Waals surface area contributed by atoms with Crippen LogP contribution in [0.25, 0.3) is 0 Å². The largest absolute Gasteiger partial charge is 0.573 e. The summed E-state index contributed by atoms with van der Waals surface area (Å²) >= 11 is 0. The van der Waals surface area contributed by atoms with Crippen LogP contribution in [0.3, 0.4) is 0 Å². The molecule has 0 bridgehead atoms. The van der Waals surface area contributed by atoms with Crippen molar-refractivity contribution in [3.63, 3.8) is 0 Å². The van der Waals surface area contributed by atoms with E-state index in [0.717, 1.165) is 12.1 Å². The van der Waals surface area contributed by atoms with E-state index >= 15 is 0 Å². The Hall–Kier alpha value is -2.05. The van der Waals surface area contributed by atoms with Crippen molar-refractivity contribution in [1.29, 1.82) is 0 Å². The average Bonchev–Trinajstić information content (AvgIpc) is 2.34. The maximum Gasteiger partial charge on any atom is 0.573 e. The van der Waals surface area contributed by atoms with Crippen molar-refractivity contribution >= 4 is 12.3 Å². The zero-order valence-corrected chi connectivity index (χ0v) is 13.2. The van der Waals surface area contributed by atoms with Gasteiger partial charge in [-0.05, 0) is 50.5 Å². The lowest BCUT2D eigenvalue weighted by Gasteiger charge is -2.19. The monoisotopic (exact) mass is 332 g/mol. The number of hydrogen-bond acceptors (Lipinski definition) is 4. The van der Waals surface area contributed by atoms with Crippen LogP contribution in [0.15, 0.2) is 18.2 Å². The molecular formula is C16H19F3O4. The second-order valence-electron chi connectivity index (χ2n) is 5.94. The van der Waals surface area contributed by atoms with Crippen LogP contribution in [0.2, 0.25) is 0 Å². The maximum absolute atomic E-state index is 12.2. The molecule has 0 aliphatic rings. The van der Waals surface area contributed by atoms with Crippen LogP contribution >= 0.6 is 0 Å². The Kier molecular flexibility index (Phi) is 6.18. The number of carbonyl (C=O) groups excluding carboxylic acids is 2. The Balaban J connectivity index is 2.81. The molecule has 1 rings (SSSR count). The highest BCUT2D eigenvalue weighted by atomic mass is 19.4. The molecule has 0 amide bonds. The molecule has 7 heteroatoms. The number of rotatable bonds is 6. The van der Waals surface area contributed by atoms with Crippen LogP contribution in [0.4, 0.5) is 13.2 Å². The summed E-state index contributed by atoms with van der Waals surface area (Å²) in [6.07, 6.45) is -3.92. The molecular weight excluding hydrogens is 313 g/mol. The third-order valence-electron chi connectivity index (χ3n) is 2.73. The minimum absolute atomic E-state index is 0.0568. The van der Waals surface area contributed by atoms with Crippen molar-refractivity contribution in [2.75, 3.05) is 0 Å². The average molecular weight is 332 g/mol. The smallest absolute Gasteiger partial charge is 0.460 e. The second-order valence-corrected chi connectivity index (χ2v) is 5.94. The molecule has 0 atom stereocenters. The fraction of sp³-hybridized carbons (Fsp3) is 0.500. The zero-order valence-electron chi connectivity index (χ0n) is 13.2. The predicted octanol–water partition coefficient (Wildman–Crippen LogP) is 3.60. The van der Waals surface area contributed by atoms with E-state index in [9.17, 15) is 22.8 Å². The van der Waals surface area contributed by atoms with Gasteiger partial charge in [-0.2, -0.15) is 0 Å². The first kappa shape index (κ1) is 19.0. The number of aldehydes is 1. The van der Waals surface area contributed by atoms with Crippen LogP contribution < -0.4 is 4.74 Å². The lowest BCUT2D eigenvalue weighted by atomic mass is 10.0. The van der Waals surface area contributed by atoms with Crippen molar-refractivity contribution in [3.8, 4) is 5.75 Å². The number of hydrogen-bond donors (Lipinski definition) is 0. The van der Waals surface area contributed by atoms with Gasteiger partial charge in [0.2, 0.25) is 0 Å². The van der Waals surface area contributed by atoms with E-state index in [1.54, 1.807) is 20.8 Å². The van der Waals surface area contributed by atoms with Crippen LogP contribution in [-0.4, -0.2) is 24.2 Å². The molecule has 4 nitrogen and oxygen atoms in total. The predicted molar refractivity (Wildman–Crippen MR) is 77.1 cm³/mol. The van der Waals surface area contributed by atoms with Gasteiger partial charge in [-0.15, -0.1) is 13.2 Å². The molecule has 0 aliphatic heterocycles. The lowest BCUT2D eigenvalue weighted by molar-refractivity contribution is -0.274. The molecule has 0 aliphatic carbocycles. The zero-order chi connectivity index (χ0) is 17.7. The van der Waals surface area contributed by atoms with Gasteiger partial charge in [-0.25, -0.2) is 0 Å². The van der Waals surface area contributed by atoms with Crippen molar-refractivity contribution in [2.45, 2.75) is 52.0 Å². The Morgan fingerprint density at radius 1 is 1.17 bits per heavy atom. The molecule has 23 heavy (non-hydrogen) atoms. The molecule has 0 heterocycles. The number of benzene rings is 1. The molecule has 0 N–H and O–H groups in total. The molecule has 0 radical (unpaired) electrons. The molecule has 0 aromatic heterocycles. The fourth-order valence-electron chi connectivity index (χ4n) is 1.95. The molecule has 0 fully saturated rings. The standard InChI is InChI=1S/C16H19F3O4/c1-15(2,3)23-14(21)7-5-11-4-6-13(22-16(17,18)19)10-12(11)8-9-20/h4,6,9-10H,5,7-8H2,1-3H3. The van der Waals surface area contributed by atoms with Crippen molar-refractivity contribution in [2.24, 2.45) is 0 Å². The summed E-state index contributed by atoms with van der Waals surface area (Å²) < 4.78 is 45.6. The number of halogens is 3. The van der Waals surface area contributed by atoms with E-state index in [1.165, 1.54) is 6.07 Å². The summed E-state index contributed by atoms with van der Waals surface area (Å²) in [5.41, 5.74) is 0.399. The highest BCUT2D eigenvalue weighted by Crippen LogP contribution is 2.26. The van der Waals surface area contributed by atoms with E-state index < -0.39 is 23.7 Å². The minimum Gasteiger partial charge on any atom is -0.460 e. The Morgan fingerprint density at radius 3 is 2.35 bits per heavy atom. The second kappa shape index (κ2) is 7.48. The summed E-state index contributed by atoms with van der Waals surface area (Å²) in [4.78, 5) is 22.4. The van der Waals surface area contributed by atoms with E-state index in [-0.39, 0.29) is 19.3 Å². The van der Waals surface area contributed by atoms with Gasteiger partial charge in [-0.1, -0.05) is 6.07 Å². The van der Waals surface area contributed by atoms with Gasteiger partial charge in [0.15, 0.2) is 0 Å². The van der Waals surface area contributed by atoms with Gasteiger partial charge in [0.05, 0.1) is 0 Å². The Morgan fingerprint density at radius 2 is 1.83 bits per heavy atom. The fourth-order valence-corrected chi connectivity index (χ4v) is 1.95. The van der Waals surface area contributed by atoms with E-state index in [2.05, 4.69) is 4.74 Å². The first-order chi connectivity index (χ1) is 10.5. The molecule has 0 unspecified atom stereocenters. The number of ether oxygens (including phenoxy) is 2. The Labute approximate surface area is 132 Å². The van der Waals surface area contributed by atoms with Crippen molar-refractivity contribution in [1.82, 2.24) is 0 Å². The normalized spacial score (nSPS) is 11.9. The summed E-state index contributed by atoms with van der Waals surface area (Å²) in [7, 11) is 0. The number of esters is 1. The third kappa shape index (κ3) is 7.67. The van der Waals surface area contributed by atoms with Crippen LogP contribution in [-0.2, 0) is 27.2 Å². The van der Waals surface area contributed by atoms with Gasteiger partial charge < -0.3 is 14.3 Å². The minimum atomic E-state index is -4.80. The molecule has 0 spiro atoms. The molecule has 128 valence electrons. The topological polar surface area (TPSA) is 52.6 Å². The van der Waals surface area contributed by atoms with Crippen LogP contribution in [0.5, 0.6) is 5.75 Å². The van der Waals surface area contributed by atoms with Gasteiger partial charge in [0.25, 0.3) is 0 Å². The first-order valence-corrected chi connectivity index (χ1v) is 7.03. The van der Waals surface area contributed by atoms with Gasteiger partial charge in [-0.3, -0.25) is 4.79 Å². The van der Waals surface area contributed by atoms with E-state index in [1.807, 2.05) is 0 Å². The van der Waals surface area contributed by atoms with E-state index in [4.69, 9.17) is 4.74 Å². The van der Waals surface area contributed by atoms with Crippen molar-refractivity contribution in [3.05, 3.63) is 29.3 Å². The van der Waals surface area contributed by atoms with Gasteiger partial charge in [0.1, 0.15) is 17.6 Å². The van der Waals surface area contributed by atoms with Crippen molar-refractivity contribution < 1.29 is 32.2 Å². The Bertz CT molecular complexity index is 559. The first-order valence-electron chi connectivity index (χ1n) is 7.03. The van der Waals surface area contributed by atoms with Crippen LogP contribution in [0.1, 0.15) is 38.3 Å². The summed E-state index contributed by atoms with van der Waals surface area (Å²) in [6.45, 7) is 5.23. The molecule has 0 saturated carbocycles.